The van der Waals surface area contributed by atoms with E-state index in [0.717, 1.165) is 25.7 Å². The summed E-state index contributed by atoms with van der Waals surface area (Å²) in [6.45, 7) is 4.53. The van der Waals surface area contributed by atoms with Crippen molar-refractivity contribution in [1.82, 2.24) is 0 Å². The van der Waals surface area contributed by atoms with E-state index in [1.54, 1.807) is 12.1 Å². The Bertz CT molecular complexity index is 412. The second-order valence-corrected chi connectivity index (χ2v) is 6.81. The van der Waals surface area contributed by atoms with Crippen molar-refractivity contribution in [3.05, 3.63) is 34.6 Å². The van der Waals surface area contributed by atoms with Gasteiger partial charge < -0.3 is 5.73 Å². The highest BCUT2D eigenvalue weighted by molar-refractivity contribution is 6.31. The van der Waals surface area contributed by atoms with Crippen molar-refractivity contribution in [2.75, 3.05) is 0 Å². The van der Waals surface area contributed by atoms with Crippen LogP contribution in [0.2, 0.25) is 5.02 Å². The molecule has 3 heteroatoms. The fourth-order valence-electron chi connectivity index (χ4n) is 2.65. The van der Waals surface area contributed by atoms with E-state index in [4.69, 9.17) is 17.3 Å². The highest BCUT2D eigenvalue weighted by atomic mass is 35.5. The number of benzene rings is 1. The van der Waals surface area contributed by atoms with Crippen molar-refractivity contribution in [3.63, 3.8) is 0 Å². The molecule has 0 aliphatic heterocycles. The van der Waals surface area contributed by atoms with Gasteiger partial charge in [0.15, 0.2) is 0 Å². The van der Waals surface area contributed by atoms with Gasteiger partial charge in [-0.3, -0.25) is 0 Å². The molecule has 0 bridgehead atoms. The lowest BCUT2D eigenvalue weighted by Crippen LogP contribution is -2.47. The Hall–Kier alpha value is -0.600. The van der Waals surface area contributed by atoms with E-state index in [9.17, 15) is 4.39 Å². The molecule has 1 aromatic rings. The summed E-state index contributed by atoms with van der Waals surface area (Å²) in [5, 5.41) is 0.490. The lowest BCUT2D eigenvalue weighted by atomic mass is 9.68. The first-order valence-corrected chi connectivity index (χ1v) is 6.91. The van der Waals surface area contributed by atoms with Crippen molar-refractivity contribution in [1.29, 1.82) is 0 Å². The fourth-order valence-corrected chi connectivity index (χ4v) is 2.88. The van der Waals surface area contributed by atoms with Crippen LogP contribution in [0.25, 0.3) is 0 Å². The molecule has 1 fully saturated rings. The summed E-state index contributed by atoms with van der Waals surface area (Å²) < 4.78 is 13.8. The summed E-state index contributed by atoms with van der Waals surface area (Å²) >= 11 is 6.07. The molecule has 1 aromatic carbocycles. The van der Waals surface area contributed by atoms with Gasteiger partial charge >= 0.3 is 0 Å². The number of rotatable bonds is 2. The Kier molecular flexibility index (Phi) is 3.70. The summed E-state index contributed by atoms with van der Waals surface area (Å²) in [6.07, 6.45) is 4.59. The highest BCUT2D eigenvalue weighted by Crippen LogP contribution is 2.41. The number of nitrogens with two attached hydrogens (primary N) is 1. The zero-order valence-corrected chi connectivity index (χ0v) is 11.9. The Morgan fingerprint density at radius 1 is 1.22 bits per heavy atom. The predicted octanol–water partition coefficient (Wildman–Crippen LogP) is 4.32. The Morgan fingerprint density at radius 3 is 2.39 bits per heavy atom. The molecule has 1 aliphatic rings. The number of hydrogen-bond acceptors (Lipinski definition) is 1. The third-order valence-corrected chi connectivity index (χ3v) is 4.54. The molecule has 1 aliphatic carbocycles. The van der Waals surface area contributed by atoms with Crippen LogP contribution in [0.3, 0.4) is 0 Å². The minimum atomic E-state index is -0.304. The van der Waals surface area contributed by atoms with Gasteiger partial charge in [-0.25, -0.2) is 4.39 Å². The number of hydrogen-bond donors (Lipinski definition) is 1. The first kappa shape index (κ1) is 13.8. The smallest absolute Gasteiger partial charge is 0.127 e. The van der Waals surface area contributed by atoms with Crippen LogP contribution in [0.4, 0.5) is 4.39 Å². The second-order valence-electron chi connectivity index (χ2n) is 6.40. The quantitative estimate of drug-likeness (QED) is 0.850. The molecule has 0 saturated heterocycles. The van der Waals surface area contributed by atoms with E-state index in [-0.39, 0.29) is 11.4 Å². The number of halogens is 2. The topological polar surface area (TPSA) is 26.0 Å². The molecule has 0 atom stereocenters. The molecule has 1 saturated carbocycles. The molecule has 0 heterocycles. The molecule has 100 valence electrons. The third-order valence-electron chi connectivity index (χ3n) is 4.19. The van der Waals surface area contributed by atoms with Crippen LogP contribution < -0.4 is 5.73 Å². The highest BCUT2D eigenvalue weighted by Gasteiger charge is 2.36. The summed E-state index contributed by atoms with van der Waals surface area (Å²) in [4.78, 5) is 0. The molecule has 0 amide bonds. The van der Waals surface area contributed by atoms with Crippen LogP contribution in [0, 0.1) is 11.2 Å². The van der Waals surface area contributed by atoms with Crippen LogP contribution >= 0.6 is 11.6 Å². The summed E-state index contributed by atoms with van der Waals surface area (Å²) in [5.41, 5.74) is 7.05. The molecule has 2 rings (SSSR count). The summed E-state index contributed by atoms with van der Waals surface area (Å²) in [7, 11) is 0. The largest absolute Gasteiger partial charge is 0.325 e. The van der Waals surface area contributed by atoms with Gasteiger partial charge in [0.2, 0.25) is 0 Å². The van der Waals surface area contributed by atoms with Crippen LogP contribution in [-0.2, 0) is 6.42 Å². The first-order chi connectivity index (χ1) is 8.31. The zero-order chi connectivity index (χ0) is 13.4. The molecular formula is C15H21ClFN. The molecule has 0 radical (unpaired) electrons. The van der Waals surface area contributed by atoms with Gasteiger partial charge in [-0.15, -0.1) is 0 Å². The Balaban J connectivity index is 2.14. The second kappa shape index (κ2) is 4.82. The average molecular weight is 270 g/mol. The standard InChI is InChI=1S/C15H21ClFN/c1-14(2)6-8-15(18,9-7-14)10-11-12(16)4-3-5-13(11)17/h3-5H,6-10,18H2,1-2H3. The minimum absolute atomic E-state index is 0.239. The lowest BCUT2D eigenvalue weighted by molar-refractivity contribution is 0.164. The van der Waals surface area contributed by atoms with Crippen molar-refractivity contribution in [2.24, 2.45) is 11.1 Å². The first-order valence-electron chi connectivity index (χ1n) is 6.53. The fraction of sp³-hybridized carbons (Fsp3) is 0.600. The van der Waals surface area contributed by atoms with Crippen molar-refractivity contribution in [2.45, 2.75) is 51.5 Å². The van der Waals surface area contributed by atoms with Gasteiger partial charge in [0.1, 0.15) is 5.82 Å². The summed E-state index contributed by atoms with van der Waals surface area (Å²) in [5.74, 6) is -0.239. The molecular weight excluding hydrogens is 249 g/mol. The van der Waals surface area contributed by atoms with E-state index in [1.165, 1.54) is 6.07 Å². The van der Waals surface area contributed by atoms with Gasteiger partial charge in [-0.1, -0.05) is 31.5 Å². The maximum atomic E-state index is 13.8. The van der Waals surface area contributed by atoms with Gasteiger partial charge in [0.05, 0.1) is 0 Å². The van der Waals surface area contributed by atoms with Crippen LogP contribution in [0.5, 0.6) is 0 Å². The van der Waals surface area contributed by atoms with Gasteiger partial charge in [-0.2, -0.15) is 0 Å². The average Bonchev–Trinajstić information content (AvgIpc) is 2.29. The molecule has 1 nitrogen and oxygen atoms in total. The predicted molar refractivity (Wildman–Crippen MR) is 74.3 cm³/mol. The monoisotopic (exact) mass is 269 g/mol. The molecule has 18 heavy (non-hydrogen) atoms. The normalized spacial score (nSPS) is 21.8. The maximum absolute atomic E-state index is 13.8. The van der Waals surface area contributed by atoms with Gasteiger partial charge in [0, 0.05) is 16.1 Å². The van der Waals surface area contributed by atoms with E-state index in [2.05, 4.69) is 13.8 Å². The Labute approximate surface area is 114 Å². The Morgan fingerprint density at radius 2 is 1.83 bits per heavy atom. The SMILES string of the molecule is CC1(C)CCC(N)(Cc2c(F)cccc2Cl)CC1. The van der Waals surface area contributed by atoms with Crippen LogP contribution in [0.1, 0.15) is 45.1 Å². The van der Waals surface area contributed by atoms with Crippen LogP contribution in [-0.4, -0.2) is 5.54 Å². The van der Waals surface area contributed by atoms with E-state index in [1.807, 2.05) is 0 Å². The molecule has 0 spiro atoms. The maximum Gasteiger partial charge on any atom is 0.127 e. The van der Waals surface area contributed by atoms with Crippen LogP contribution in [0.15, 0.2) is 18.2 Å². The van der Waals surface area contributed by atoms with Gasteiger partial charge in [-0.05, 0) is 49.7 Å². The van der Waals surface area contributed by atoms with Gasteiger partial charge in [0.25, 0.3) is 0 Å². The molecule has 2 N–H and O–H groups in total. The van der Waals surface area contributed by atoms with Crippen molar-refractivity contribution >= 4 is 11.6 Å². The summed E-state index contributed by atoms with van der Waals surface area (Å²) in [6, 6.07) is 4.82. The van der Waals surface area contributed by atoms with E-state index in [0.29, 0.717) is 22.4 Å². The van der Waals surface area contributed by atoms with E-state index < -0.39 is 0 Å². The van der Waals surface area contributed by atoms with Crippen molar-refractivity contribution < 1.29 is 4.39 Å². The third kappa shape index (κ3) is 3.04. The zero-order valence-electron chi connectivity index (χ0n) is 11.1. The molecule has 0 aromatic heterocycles. The van der Waals surface area contributed by atoms with Crippen molar-refractivity contribution in [3.8, 4) is 0 Å². The lowest BCUT2D eigenvalue weighted by Gasteiger charge is -2.41. The molecule has 0 unspecified atom stereocenters. The van der Waals surface area contributed by atoms with E-state index >= 15 is 0 Å². The minimum Gasteiger partial charge on any atom is -0.325 e.